The molecule has 3 nitrogen and oxygen atoms in total. The number of pyridine rings is 1. The molecule has 106 valence electrons. The van der Waals surface area contributed by atoms with Gasteiger partial charge in [-0.3, -0.25) is 9.78 Å². The molecule has 0 aliphatic carbocycles. The molecule has 0 bridgehead atoms. The highest BCUT2D eigenvalue weighted by molar-refractivity contribution is 9.09. The third kappa shape index (κ3) is 4.60. The van der Waals surface area contributed by atoms with Crippen LogP contribution in [-0.2, 0) is 0 Å². The Hall–Kier alpha value is -0.900. The molecule has 1 unspecified atom stereocenters. The molecule has 1 heterocycles. The van der Waals surface area contributed by atoms with Crippen LogP contribution < -0.4 is 5.32 Å². The lowest BCUT2D eigenvalue weighted by molar-refractivity contribution is 0.0899. The number of aryl methyl sites for hydroxylation is 2. The van der Waals surface area contributed by atoms with Crippen molar-refractivity contribution in [3.63, 3.8) is 0 Å². The monoisotopic (exact) mass is 326 g/mol. The van der Waals surface area contributed by atoms with Gasteiger partial charge >= 0.3 is 0 Å². The maximum atomic E-state index is 12.3. The van der Waals surface area contributed by atoms with Crippen molar-refractivity contribution < 1.29 is 4.79 Å². The number of carbonyl (C=O) groups is 1. The van der Waals surface area contributed by atoms with Gasteiger partial charge < -0.3 is 5.32 Å². The zero-order valence-corrected chi connectivity index (χ0v) is 14.0. The second-order valence-corrected chi connectivity index (χ2v) is 6.75. The van der Waals surface area contributed by atoms with Crippen LogP contribution in [0.5, 0.6) is 0 Å². The Morgan fingerprint density at radius 1 is 1.37 bits per heavy atom. The zero-order valence-electron chi connectivity index (χ0n) is 12.4. The Morgan fingerprint density at radius 3 is 2.47 bits per heavy atom. The third-order valence-corrected chi connectivity index (χ3v) is 3.68. The van der Waals surface area contributed by atoms with Crippen LogP contribution in [0.1, 0.15) is 48.9 Å². The lowest BCUT2D eigenvalue weighted by Gasteiger charge is -2.31. The number of rotatable bonds is 4. The van der Waals surface area contributed by atoms with Gasteiger partial charge in [-0.2, -0.15) is 0 Å². The molecule has 0 saturated carbocycles. The van der Waals surface area contributed by atoms with Crippen LogP contribution in [0.25, 0.3) is 0 Å². The zero-order chi connectivity index (χ0) is 14.6. The van der Waals surface area contributed by atoms with E-state index < -0.39 is 0 Å². The molecule has 1 aromatic rings. The van der Waals surface area contributed by atoms with E-state index in [9.17, 15) is 4.79 Å². The number of hydrogen-bond acceptors (Lipinski definition) is 2. The first-order chi connectivity index (χ1) is 8.75. The van der Waals surface area contributed by atoms with E-state index in [0.29, 0.717) is 5.56 Å². The fourth-order valence-electron chi connectivity index (χ4n) is 1.99. The van der Waals surface area contributed by atoms with Crippen LogP contribution in [0, 0.1) is 19.3 Å². The summed E-state index contributed by atoms with van der Waals surface area (Å²) in [6.07, 6.45) is 0.910. The summed E-state index contributed by atoms with van der Waals surface area (Å²) in [7, 11) is 0. The molecule has 19 heavy (non-hydrogen) atoms. The van der Waals surface area contributed by atoms with E-state index in [4.69, 9.17) is 0 Å². The Labute approximate surface area is 124 Å². The van der Waals surface area contributed by atoms with Crippen molar-refractivity contribution in [1.82, 2.24) is 10.3 Å². The summed E-state index contributed by atoms with van der Waals surface area (Å²) < 4.78 is 0. The first-order valence-corrected chi connectivity index (χ1v) is 7.69. The van der Waals surface area contributed by atoms with Gasteiger partial charge in [0.25, 0.3) is 5.91 Å². The Balaban J connectivity index is 2.88. The predicted molar refractivity (Wildman–Crippen MR) is 82.8 cm³/mol. The molecule has 0 aromatic carbocycles. The molecule has 0 fully saturated rings. The van der Waals surface area contributed by atoms with Crippen LogP contribution in [0.2, 0.25) is 0 Å². The number of carbonyl (C=O) groups excluding carboxylic acids is 1. The quantitative estimate of drug-likeness (QED) is 0.858. The summed E-state index contributed by atoms with van der Waals surface area (Å²) in [4.78, 5) is 16.7. The third-order valence-electron chi connectivity index (χ3n) is 3.22. The van der Waals surface area contributed by atoms with Crippen LogP contribution in [0.15, 0.2) is 12.1 Å². The molecule has 0 saturated heterocycles. The lowest BCUT2D eigenvalue weighted by Crippen LogP contribution is -2.44. The summed E-state index contributed by atoms with van der Waals surface area (Å²) in [5, 5.41) is 4.00. The van der Waals surface area contributed by atoms with Crippen molar-refractivity contribution in [3.8, 4) is 0 Å². The summed E-state index contributed by atoms with van der Waals surface area (Å²) in [5.41, 5.74) is 2.41. The standard InChI is InChI=1S/C15H23BrN2O/c1-10-6-7-12(11(2)17-10)14(19)18-13(8-9-16)15(3,4)5/h6-7,13H,8-9H2,1-5H3,(H,18,19). The minimum atomic E-state index is -0.0362. The number of nitrogens with zero attached hydrogens (tertiary/aromatic N) is 1. The van der Waals surface area contributed by atoms with Gasteiger partial charge in [0.2, 0.25) is 0 Å². The van der Waals surface area contributed by atoms with E-state index in [1.54, 1.807) is 0 Å². The Kier molecular flexibility index (Phi) is 5.53. The topological polar surface area (TPSA) is 42.0 Å². The number of hydrogen-bond donors (Lipinski definition) is 1. The van der Waals surface area contributed by atoms with Gasteiger partial charge in [-0.25, -0.2) is 0 Å². The van der Waals surface area contributed by atoms with E-state index in [1.807, 2.05) is 26.0 Å². The Bertz CT molecular complexity index is 452. The first-order valence-electron chi connectivity index (χ1n) is 6.56. The number of halogens is 1. The summed E-state index contributed by atoms with van der Waals surface area (Å²) in [6.45, 7) is 10.2. The maximum Gasteiger partial charge on any atom is 0.253 e. The smallest absolute Gasteiger partial charge is 0.253 e. The van der Waals surface area contributed by atoms with E-state index in [0.717, 1.165) is 23.1 Å². The van der Waals surface area contributed by atoms with Crippen LogP contribution in [0.4, 0.5) is 0 Å². The molecule has 0 radical (unpaired) electrons. The molecular weight excluding hydrogens is 304 g/mol. The molecule has 1 amide bonds. The average molecular weight is 327 g/mol. The second-order valence-electron chi connectivity index (χ2n) is 5.96. The van der Waals surface area contributed by atoms with Crippen molar-refractivity contribution in [2.75, 3.05) is 5.33 Å². The first kappa shape index (κ1) is 16.2. The maximum absolute atomic E-state index is 12.3. The van der Waals surface area contributed by atoms with E-state index >= 15 is 0 Å². The summed E-state index contributed by atoms with van der Waals surface area (Å²) in [5.74, 6) is -0.0362. The van der Waals surface area contributed by atoms with E-state index in [-0.39, 0.29) is 17.4 Å². The van der Waals surface area contributed by atoms with Crippen molar-refractivity contribution >= 4 is 21.8 Å². The van der Waals surface area contributed by atoms with Gasteiger partial charge in [-0.1, -0.05) is 36.7 Å². The highest BCUT2D eigenvalue weighted by Crippen LogP contribution is 2.23. The van der Waals surface area contributed by atoms with Gasteiger partial charge in [0.05, 0.1) is 11.3 Å². The molecule has 0 spiro atoms. The number of alkyl halides is 1. The number of aromatic nitrogens is 1. The number of amides is 1. The molecule has 4 heteroatoms. The van der Waals surface area contributed by atoms with Crippen LogP contribution in [-0.4, -0.2) is 22.3 Å². The minimum absolute atomic E-state index is 0.0362. The predicted octanol–water partition coefficient (Wildman–Crippen LogP) is 3.63. The normalized spacial score (nSPS) is 13.2. The van der Waals surface area contributed by atoms with Gasteiger partial charge in [0, 0.05) is 17.1 Å². The molecule has 1 atom stereocenters. The lowest BCUT2D eigenvalue weighted by atomic mass is 9.85. The van der Waals surface area contributed by atoms with Crippen molar-refractivity contribution in [2.45, 2.75) is 47.1 Å². The van der Waals surface area contributed by atoms with E-state index in [2.05, 4.69) is 47.0 Å². The Morgan fingerprint density at radius 2 is 2.00 bits per heavy atom. The van der Waals surface area contributed by atoms with Gasteiger partial charge in [-0.15, -0.1) is 0 Å². The molecular formula is C15H23BrN2O. The minimum Gasteiger partial charge on any atom is -0.349 e. The van der Waals surface area contributed by atoms with Crippen molar-refractivity contribution in [1.29, 1.82) is 0 Å². The summed E-state index contributed by atoms with van der Waals surface area (Å²) in [6, 6.07) is 3.86. The van der Waals surface area contributed by atoms with Gasteiger partial charge in [0.15, 0.2) is 0 Å². The highest BCUT2D eigenvalue weighted by atomic mass is 79.9. The van der Waals surface area contributed by atoms with Crippen molar-refractivity contribution in [3.05, 3.63) is 29.1 Å². The highest BCUT2D eigenvalue weighted by Gasteiger charge is 2.26. The molecule has 0 aliphatic heterocycles. The van der Waals surface area contributed by atoms with Gasteiger partial charge in [0.1, 0.15) is 0 Å². The second kappa shape index (κ2) is 6.51. The summed E-state index contributed by atoms with van der Waals surface area (Å²) >= 11 is 3.45. The fourth-order valence-corrected chi connectivity index (χ4v) is 2.45. The SMILES string of the molecule is Cc1ccc(C(=O)NC(CCBr)C(C)(C)C)c(C)n1. The average Bonchev–Trinajstić information content (AvgIpc) is 2.26. The molecule has 1 rings (SSSR count). The fraction of sp³-hybridized carbons (Fsp3) is 0.600. The van der Waals surface area contributed by atoms with Gasteiger partial charge in [-0.05, 0) is 37.8 Å². The van der Waals surface area contributed by atoms with Crippen LogP contribution in [0.3, 0.4) is 0 Å². The van der Waals surface area contributed by atoms with Crippen molar-refractivity contribution in [2.24, 2.45) is 5.41 Å². The van der Waals surface area contributed by atoms with E-state index in [1.165, 1.54) is 0 Å². The molecule has 1 N–H and O–H groups in total. The molecule has 0 aliphatic rings. The molecule has 1 aromatic heterocycles. The number of nitrogens with one attached hydrogen (secondary N) is 1. The largest absolute Gasteiger partial charge is 0.349 e. The van der Waals surface area contributed by atoms with Crippen LogP contribution >= 0.6 is 15.9 Å².